The van der Waals surface area contributed by atoms with Gasteiger partial charge < -0.3 is 9.52 Å². The van der Waals surface area contributed by atoms with E-state index in [1.807, 2.05) is 29.5 Å². The van der Waals surface area contributed by atoms with Crippen LogP contribution in [-0.4, -0.2) is 34.2 Å². The van der Waals surface area contributed by atoms with Crippen LogP contribution < -0.4 is 0 Å². The Hall–Kier alpha value is -1.17. The molecule has 0 radical (unpaired) electrons. The van der Waals surface area contributed by atoms with Crippen molar-refractivity contribution in [3.05, 3.63) is 29.5 Å². The summed E-state index contributed by atoms with van der Waals surface area (Å²) in [5.74, 6) is 0.664. The number of hydrogen-bond acceptors (Lipinski definition) is 5. The average molecular weight is 266 g/mol. The molecule has 1 N–H and O–H groups in total. The maximum atomic E-state index is 9.74. The van der Waals surface area contributed by atoms with E-state index in [-0.39, 0.29) is 0 Å². The molecule has 0 spiro atoms. The summed E-state index contributed by atoms with van der Waals surface area (Å²) in [4.78, 5) is 7.50. The van der Waals surface area contributed by atoms with Crippen LogP contribution in [0.5, 0.6) is 0 Å². The zero-order chi connectivity index (χ0) is 13.2. The molecule has 0 bridgehead atoms. The number of nitrogens with zero attached hydrogens (tertiary/aromatic N) is 2. The van der Waals surface area contributed by atoms with Gasteiger partial charge in [-0.3, -0.25) is 4.90 Å². The van der Waals surface area contributed by atoms with Crippen molar-refractivity contribution in [1.82, 2.24) is 9.88 Å². The van der Waals surface area contributed by atoms with Crippen molar-refractivity contribution in [3.8, 4) is 10.8 Å². The summed E-state index contributed by atoms with van der Waals surface area (Å²) >= 11 is 1.61. The van der Waals surface area contributed by atoms with Crippen molar-refractivity contribution in [3.63, 3.8) is 0 Å². The maximum absolute atomic E-state index is 9.74. The largest absolute Gasteiger partial charge is 0.444 e. The summed E-state index contributed by atoms with van der Waals surface area (Å²) in [6.07, 6.45) is 1.68. The lowest BCUT2D eigenvalue weighted by Gasteiger charge is -2.24. The third kappa shape index (κ3) is 3.66. The maximum Gasteiger partial charge on any atom is 0.236 e. The van der Waals surface area contributed by atoms with Gasteiger partial charge in [-0.1, -0.05) is 6.07 Å². The number of aliphatic hydroxyl groups is 1. The molecule has 2 aromatic heterocycles. The summed E-state index contributed by atoms with van der Waals surface area (Å²) in [6.45, 7) is 4.85. The van der Waals surface area contributed by atoms with Crippen molar-refractivity contribution < 1.29 is 9.52 Å². The Labute approximate surface area is 111 Å². The van der Waals surface area contributed by atoms with E-state index in [4.69, 9.17) is 4.42 Å². The molecule has 0 aliphatic carbocycles. The van der Waals surface area contributed by atoms with E-state index in [2.05, 4.69) is 4.98 Å². The number of rotatable bonds is 5. The summed E-state index contributed by atoms with van der Waals surface area (Å²) < 4.78 is 5.45. The highest BCUT2D eigenvalue weighted by atomic mass is 32.1. The van der Waals surface area contributed by atoms with E-state index >= 15 is 0 Å². The Morgan fingerprint density at radius 3 is 2.89 bits per heavy atom. The lowest BCUT2D eigenvalue weighted by atomic mass is 10.1. The quantitative estimate of drug-likeness (QED) is 0.903. The molecule has 0 unspecified atom stereocenters. The van der Waals surface area contributed by atoms with Crippen LogP contribution in [0.3, 0.4) is 0 Å². The van der Waals surface area contributed by atoms with Crippen LogP contribution in [0.25, 0.3) is 10.8 Å². The monoisotopic (exact) mass is 266 g/mol. The highest BCUT2D eigenvalue weighted by molar-refractivity contribution is 7.13. The standard InChI is InChI=1S/C13H18N2O2S/c1-13(2,16)9-15(3)7-10-8-17-12(14-10)11-5-4-6-18-11/h4-6,8,16H,7,9H2,1-3H3. The Bertz CT molecular complexity index is 485. The van der Waals surface area contributed by atoms with Crippen LogP contribution in [0, 0.1) is 0 Å². The van der Waals surface area contributed by atoms with Crippen molar-refractivity contribution in [2.75, 3.05) is 13.6 Å². The van der Waals surface area contributed by atoms with Crippen LogP contribution in [0.2, 0.25) is 0 Å². The molecule has 2 aromatic rings. The lowest BCUT2D eigenvalue weighted by Crippen LogP contribution is -2.35. The first-order valence-corrected chi connectivity index (χ1v) is 6.71. The van der Waals surface area contributed by atoms with Crippen molar-refractivity contribution >= 4 is 11.3 Å². The van der Waals surface area contributed by atoms with Crippen molar-refractivity contribution in [1.29, 1.82) is 0 Å². The molecule has 0 saturated carbocycles. The van der Waals surface area contributed by atoms with Gasteiger partial charge in [0.05, 0.1) is 16.2 Å². The van der Waals surface area contributed by atoms with Crippen LogP contribution in [0.15, 0.2) is 28.2 Å². The molecule has 0 aromatic carbocycles. The summed E-state index contributed by atoms with van der Waals surface area (Å²) in [7, 11) is 1.96. The molecule has 2 heterocycles. The highest BCUT2D eigenvalue weighted by Gasteiger charge is 2.17. The second-order valence-corrected chi connectivity index (χ2v) is 6.05. The second-order valence-electron chi connectivity index (χ2n) is 5.11. The van der Waals surface area contributed by atoms with Gasteiger partial charge in [0.15, 0.2) is 0 Å². The van der Waals surface area contributed by atoms with Gasteiger partial charge in [-0.15, -0.1) is 11.3 Å². The molecule has 0 atom stereocenters. The average Bonchev–Trinajstić information content (AvgIpc) is 2.82. The zero-order valence-corrected chi connectivity index (χ0v) is 11.7. The molecule has 98 valence electrons. The van der Waals surface area contributed by atoms with Gasteiger partial charge in [0.25, 0.3) is 0 Å². The first kappa shape index (κ1) is 13.3. The molecule has 0 aliphatic rings. The van der Waals surface area contributed by atoms with Crippen molar-refractivity contribution in [2.45, 2.75) is 26.0 Å². The molecule has 4 nitrogen and oxygen atoms in total. The van der Waals surface area contributed by atoms with E-state index in [0.29, 0.717) is 19.0 Å². The van der Waals surface area contributed by atoms with Gasteiger partial charge in [-0.2, -0.15) is 0 Å². The van der Waals surface area contributed by atoms with Crippen LogP contribution in [0.4, 0.5) is 0 Å². The Morgan fingerprint density at radius 2 is 2.28 bits per heavy atom. The predicted molar refractivity (Wildman–Crippen MR) is 72.4 cm³/mol. The fraction of sp³-hybridized carbons (Fsp3) is 0.462. The fourth-order valence-electron chi connectivity index (χ4n) is 1.89. The summed E-state index contributed by atoms with van der Waals surface area (Å²) in [6, 6.07) is 3.96. The number of hydrogen-bond donors (Lipinski definition) is 1. The molecule has 18 heavy (non-hydrogen) atoms. The third-order valence-corrected chi connectivity index (χ3v) is 3.23. The first-order valence-electron chi connectivity index (χ1n) is 5.83. The van der Waals surface area contributed by atoms with E-state index in [9.17, 15) is 5.11 Å². The normalized spacial score (nSPS) is 12.3. The topological polar surface area (TPSA) is 49.5 Å². The molecular weight excluding hydrogens is 248 g/mol. The van der Waals surface area contributed by atoms with Gasteiger partial charge in [-0.25, -0.2) is 4.98 Å². The molecule has 0 amide bonds. The zero-order valence-electron chi connectivity index (χ0n) is 10.9. The van der Waals surface area contributed by atoms with E-state index in [1.54, 1.807) is 31.4 Å². The van der Waals surface area contributed by atoms with Crippen LogP contribution >= 0.6 is 11.3 Å². The van der Waals surface area contributed by atoms with Gasteiger partial charge in [0.1, 0.15) is 6.26 Å². The number of likely N-dealkylation sites (N-methyl/N-ethyl adjacent to an activating group) is 1. The fourth-order valence-corrected chi connectivity index (χ4v) is 2.54. The van der Waals surface area contributed by atoms with E-state index in [1.165, 1.54) is 0 Å². The Morgan fingerprint density at radius 1 is 1.50 bits per heavy atom. The number of aromatic nitrogens is 1. The molecule has 5 heteroatoms. The molecule has 0 fully saturated rings. The van der Waals surface area contributed by atoms with Crippen molar-refractivity contribution in [2.24, 2.45) is 0 Å². The summed E-state index contributed by atoms with van der Waals surface area (Å²) in [5, 5.41) is 11.7. The minimum Gasteiger partial charge on any atom is -0.444 e. The highest BCUT2D eigenvalue weighted by Crippen LogP contribution is 2.23. The van der Waals surface area contributed by atoms with E-state index < -0.39 is 5.60 Å². The molecular formula is C13H18N2O2S. The second kappa shape index (κ2) is 5.22. The number of thiophene rings is 1. The smallest absolute Gasteiger partial charge is 0.236 e. The minimum atomic E-state index is -0.699. The Kier molecular flexibility index (Phi) is 3.85. The van der Waals surface area contributed by atoms with Gasteiger partial charge in [0, 0.05) is 13.1 Å². The first-order chi connectivity index (χ1) is 8.44. The van der Waals surface area contributed by atoms with Gasteiger partial charge in [-0.05, 0) is 32.3 Å². The molecule has 0 aliphatic heterocycles. The predicted octanol–water partition coefficient (Wildman–Crippen LogP) is 2.61. The minimum absolute atomic E-state index is 0.591. The third-order valence-electron chi connectivity index (χ3n) is 2.37. The summed E-state index contributed by atoms with van der Waals surface area (Å²) in [5.41, 5.74) is 0.180. The van der Waals surface area contributed by atoms with Crippen LogP contribution in [-0.2, 0) is 6.54 Å². The van der Waals surface area contributed by atoms with Gasteiger partial charge >= 0.3 is 0 Å². The van der Waals surface area contributed by atoms with Gasteiger partial charge in [0.2, 0.25) is 5.89 Å². The number of oxazole rings is 1. The van der Waals surface area contributed by atoms with E-state index in [0.717, 1.165) is 10.6 Å². The SMILES string of the molecule is CN(Cc1coc(-c2cccs2)n1)CC(C)(C)O. The molecule has 2 rings (SSSR count). The molecule has 0 saturated heterocycles. The Balaban J connectivity index is 1.99. The van der Waals surface area contributed by atoms with Crippen LogP contribution in [0.1, 0.15) is 19.5 Å². The lowest BCUT2D eigenvalue weighted by molar-refractivity contribution is 0.0421.